The molecule has 0 radical (unpaired) electrons. The third-order valence-electron chi connectivity index (χ3n) is 4.51. The van der Waals surface area contributed by atoms with Crippen LogP contribution in [0.15, 0.2) is 91.1 Å². The maximum absolute atomic E-state index is 4.88. The van der Waals surface area contributed by atoms with Crippen LogP contribution in [0.5, 0.6) is 0 Å². The zero-order chi connectivity index (χ0) is 17.3. The molecule has 0 spiro atoms. The maximum atomic E-state index is 4.88. The smallest absolute Gasteiger partial charge is 0.0972 e. The second-order valence-corrected chi connectivity index (χ2v) is 6.18. The Kier molecular flexibility index (Phi) is 3.42. The lowest BCUT2D eigenvalue weighted by molar-refractivity contribution is 1.27. The molecule has 0 fully saturated rings. The summed E-state index contributed by atoms with van der Waals surface area (Å²) in [4.78, 5) is 14.2. The monoisotopic (exact) mass is 333 g/mol. The van der Waals surface area contributed by atoms with Crippen LogP contribution in [0, 0.1) is 0 Å². The minimum atomic E-state index is 0.855. The molecule has 0 atom stereocenters. The predicted octanol–water partition coefficient (Wildman–Crippen LogP) is 5.51. The Hall–Kier alpha value is -3.59. The molecular weight excluding hydrogens is 318 g/mol. The summed E-state index contributed by atoms with van der Waals surface area (Å²) in [5.41, 5.74) is 5.59. The fourth-order valence-electron chi connectivity index (χ4n) is 3.21. The Labute approximate surface area is 151 Å². The Morgan fingerprint density at radius 3 is 2.08 bits per heavy atom. The minimum absolute atomic E-state index is 0.855. The Morgan fingerprint density at radius 1 is 0.462 bits per heavy atom. The first kappa shape index (κ1) is 14.7. The second-order valence-electron chi connectivity index (χ2n) is 6.18. The Bertz CT molecular complexity index is 1230. The first-order valence-corrected chi connectivity index (χ1v) is 8.56. The van der Waals surface area contributed by atoms with Crippen molar-refractivity contribution in [3.8, 4) is 22.6 Å². The molecule has 3 aromatic heterocycles. The largest absolute Gasteiger partial charge is 0.254 e. The number of benzene rings is 2. The minimum Gasteiger partial charge on any atom is -0.254 e. The summed E-state index contributed by atoms with van der Waals surface area (Å²) < 4.78 is 0. The van der Waals surface area contributed by atoms with Gasteiger partial charge in [0.15, 0.2) is 0 Å². The van der Waals surface area contributed by atoms with Gasteiger partial charge in [-0.05, 0) is 24.3 Å². The van der Waals surface area contributed by atoms with Crippen molar-refractivity contribution in [1.82, 2.24) is 15.0 Å². The number of aromatic nitrogens is 3. The van der Waals surface area contributed by atoms with Crippen molar-refractivity contribution in [2.24, 2.45) is 0 Å². The normalized spacial score (nSPS) is 11.1. The molecule has 3 nitrogen and oxygen atoms in total. The topological polar surface area (TPSA) is 38.7 Å². The molecular formula is C23H15N3. The Balaban J connectivity index is 1.69. The quantitative estimate of drug-likeness (QED) is 0.400. The van der Waals surface area contributed by atoms with E-state index in [0.717, 1.165) is 44.5 Å². The van der Waals surface area contributed by atoms with Crippen molar-refractivity contribution < 1.29 is 0 Å². The number of nitrogens with zero attached hydrogens (tertiary/aromatic N) is 3. The highest BCUT2D eigenvalue weighted by molar-refractivity contribution is 6.03. The van der Waals surface area contributed by atoms with E-state index in [0.29, 0.717) is 0 Å². The highest BCUT2D eigenvalue weighted by Gasteiger charge is 2.08. The van der Waals surface area contributed by atoms with Gasteiger partial charge in [0.05, 0.1) is 28.1 Å². The molecule has 0 aliphatic rings. The van der Waals surface area contributed by atoms with E-state index in [1.165, 1.54) is 0 Å². The summed E-state index contributed by atoms with van der Waals surface area (Å²) in [5, 5.41) is 2.18. The standard InChI is InChI=1S/C23H15N3/c1-2-6-16(7-3-1)19-9-4-10-20(25-19)21-14-13-18-12-11-17-8-5-15-24-22(17)23(18)26-21/h1-15H. The number of hydrogen-bond donors (Lipinski definition) is 0. The molecule has 0 saturated carbocycles. The van der Waals surface area contributed by atoms with E-state index < -0.39 is 0 Å². The molecule has 0 saturated heterocycles. The van der Waals surface area contributed by atoms with Crippen molar-refractivity contribution in [2.45, 2.75) is 0 Å². The Morgan fingerprint density at radius 2 is 1.19 bits per heavy atom. The molecule has 2 aromatic carbocycles. The van der Waals surface area contributed by atoms with Crippen molar-refractivity contribution in [2.75, 3.05) is 0 Å². The van der Waals surface area contributed by atoms with Gasteiger partial charge in [-0.3, -0.25) is 4.98 Å². The van der Waals surface area contributed by atoms with Crippen LogP contribution in [-0.4, -0.2) is 15.0 Å². The van der Waals surface area contributed by atoms with E-state index in [9.17, 15) is 0 Å². The molecule has 5 rings (SSSR count). The van der Waals surface area contributed by atoms with Gasteiger partial charge in [-0.2, -0.15) is 0 Å². The number of pyridine rings is 3. The average molecular weight is 333 g/mol. The molecule has 0 amide bonds. The molecule has 0 N–H and O–H groups in total. The van der Waals surface area contributed by atoms with E-state index in [2.05, 4.69) is 41.4 Å². The van der Waals surface area contributed by atoms with E-state index >= 15 is 0 Å². The lowest BCUT2D eigenvalue weighted by atomic mass is 10.1. The number of rotatable bonds is 2. The van der Waals surface area contributed by atoms with Crippen LogP contribution >= 0.6 is 0 Å². The van der Waals surface area contributed by atoms with Gasteiger partial charge >= 0.3 is 0 Å². The number of hydrogen-bond acceptors (Lipinski definition) is 3. The molecule has 3 heterocycles. The van der Waals surface area contributed by atoms with Gasteiger partial charge in [0, 0.05) is 22.5 Å². The molecule has 0 unspecified atom stereocenters. The first-order chi connectivity index (χ1) is 12.9. The van der Waals surface area contributed by atoms with E-state index in [1.54, 1.807) is 0 Å². The first-order valence-electron chi connectivity index (χ1n) is 8.56. The van der Waals surface area contributed by atoms with Crippen molar-refractivity contribution >= 4 is 21.8 Å². The van der Waals surface area contributed by atoms with Gasteiger partial charge in [-0.15, -0.1) is 0 Å². The van der Waals surface area contributed by atoms with Crippen LogP contribution in [0.25, 0.3) is 44.5 Å². The lowest BCUT2D eigenvalue weighted by Crippen LogP contribution is -1.92. The summed E-state index contributed by atoms with van der Waals surface area (Å²) in [6.07, 6.45) is 1.81. The zero-order valence-electron chi connectivity index (χ0n) is 14.0. The fourth-order valence-corrected chi connectivity index (χ4v) is 3.21. The predicted molar refractivity (Wildman–Crippen MR) is 106 cm³/mol. The van der Waals surface area contributed by atoms with Crippen molar-refractivity contribution in [3.63, 3.8) is 0 Å². The van der Waals surface area contributed by atoms with Gasteiger partial charge in [0.2, 0.25) is 0 Å². The molecule has 3 heteroatoms. The molecule has 0 aliphatic heterocycles. The van der Waals surface area contributed by atoms with Gasteiger partial charge in [-0.25, -0.2) is 9.97 Å². The third kappa shape index (κ3) is 2.50. The summed E-state index contributed by atoms with van der Waals surface area (Å²) in [5.74, 6) is 0. The fraction of sp³-hybridized carbons (Fsp3) is 0. The van der Waals surface area contributed by atoms with Crippen molar-refractivity contribution in [3.05, 3.63) is 91.1 Å². The van der Waals surface area contributed by atoms with Crippen LogP contribution in [0.4, 0.5) is 0 Å². The molecule has 5 aromatic rings. The summed E-state index contributed by atoms with van der Waals surface area (Å²) in [6.45, 7) is 0. The van der Waals surface area contributed by atoms with Crippen LogP contribution in [0.2, 0.25) is 0 Å². The van der Waals surface area contributed by atoms with Crippen LogP contribution in [-0.2, 0) is 0 Å². The molecule has 0 bridgehead atoms. The van der Waals surface area contributed by atoms with Crippen molar-refractivity contribution in [1.29, 1.82) is 0 Å². The van der Waals surface area contributed by atoms with Gasteiger partial charge in [0.25, 0.3) is 0 Å². The third-order valence-corrected chi connectivity index (χ3v) is 4.51. The highest BCUT2D eigenvalue weighted by atomic mass is 14.8. The molecule has 0 aliphatic carbocycles. The molecule has 26 heavy (non-hydrogen) atoms. The number of fused-ring (bicyclic) bond motifs is 3. The average Bonchev–Trinajstić information content (AvgIpc) is 2.74. The van der Waals surface area contributed by atoms with E-state index in [4.69, 9.17) is 9.97 Å². The van der Waals surface area contributed by atoms with E-state index in [1.807, 2.05) is 54.7 Å². The van der Waals surface area contributed by atoms with E-state index in [-0.39, 0.29) is 0 Å². The SMILES string of the molecule is c1ccc(-c2cccc(-c3ccc4ccc5cccnc5c4n3)n2)cc1. The van der Waals surface area contributed by atoms with Gasteiger partial charge < -0.3 is 0 Å². The second kappa shape index (κ2) is 6.05. The highest BCUT2D eigenvalue weighted by Crippen LogP contribution is 2.26. The summed E-state index contributed by atoms with van der Waals surface area (Å²) in [6, 6.07) is 28.5. The molecule has 122 valence electrons. The van der Waals surface area contributed by atoms with Gasteiger partial charge in [-0.1, -0.05) is 60.7 Å². The summed E-state index contributed by atoms with van der Waals surface area (Å²) in [7, 11) is 0. The van der Waals surface area contributed by atoms with Crippen LogP contribution in [0.3, 0.4) is 0 Å². The van der Waals surface area contributed by atoms with Crippen LogP contribution < -0.4 is 0 Å². The van der Waals surface area contributed by atoms with Gasteiger partial charge in [0.1, 0.15) is 0 Å². The maximum Gasteiger partial charge on any atom is 0.0972 e. The summed E-state index contributed by atoms with van der Waals surface area (Å²) >= 11 is 0. The van der Waals surface area contributed by atoms with Crippen LogP contribution in [0.1, 0.15) is 0 Å². The zero-order valence-corrected chi connectivity index (χ0v) is 14.0. The lowest BCUT2D eigenvalue weighted by Gasteiger charge is -2.07.